The fraction of sp³-hybridized carbons (Fsp3) is 0.412. The van der Waals surface area contributed by atoms with E-state index < -0.39 is 0 Å². The molecule has 2 nitrogen and oxygen atoms in total. The maximum Gasteiger partial charge on any atom is 0.0434 e. The first-order valence-corrected chi connectivity index (χ1v) is 8.43. The minimum absolute atomic E-state index is 0.0888. The molecule has 0 aliphatic carbocycles. The summed E-state index contributed by atoms with van der Waals surface area (Å²) < 4.78 is 0. The van der Waals surface area contributed by atoms with Crippen LogP contribution in [0, 0.1) is 0 Å². The summed E-state index contributed by atoms with van der Waals surface area (Å²) in [5.41, 5.74) is 3.88. The van der Waals surface area contributed by atoms with Crippen molar-refractivity contribution in [3.05, 3.63) is 51.2 Å². The second-order valence-corrected chi connectivity index (χ2v) is 7.58. The van der Waals surface area contributed by atoms with Crippen LogP contribution in [0.1, 0.15) is 31.9 Å². The van der Waals surface area contributed by atoms with Crippen LogP contribution in [0.25, 0.3) is 0 Å². The highest BCUT2D eigenvalue weighted by atomic mass is 35.5. The van der Waals surface area contributed by atoms with Crippen LogP contribution in [0.5, 0.6) is 0 Å². The molecule has 0 bridgehead atoms. The summed E-state index contributed by atoms with van der Waals surface area (Å²) in [4.78, 5) is 2.28. The van der Waals surface area contributed by atoms with Crippen LogP contribution in [0.4, 0.5) is 5.69 Å². The SMILES string of the molecule is CN(Cc1ccsc1)c1ccc(Cl)cc1CNC(C)(C)C. The predicted octanol–water partition coefficient (Wildman–Crippen LogP) is 4.93. The summed E-state index contributed by atoms with van der Waals surface area (Å²) >= 11 is 7.91. The Morgan fingerprint density at radius 2 is 2.00 bits per heavy atom. The normalized spacial score (nSPS) is 11.7. The number of benzene rings is 1. The van der Waals surface area contributed by atoms with Crippen molar-refractivity contribution < 1.29 is 0 Å². The van der Waals surface area contributed by atoms with Crippen LogP contribution < -0.4 is 10.2 Å². The molecule has 114 valence electrons. The zero-order valence-electron chi connectivity index (χ0n) is 13.1. The number of nitrogens with one attached hydrogen (secondary N) is 1. The van der Waals surface area contributed by atoms with E-state index in [9.17, 15) is 0 Å². The van der Waals surface area contributed by atoms with E-state index in [1.165, 1.54) is 16.8 Å². The van der Waals surface area contributed by atoms with Gasteiger partial charge >= 0.3 is 0 Å². The highest BCUT2D eigenvalue weighted by molar-refractivity contribution is 7.07. The molecule has 1 aromatic heterocycles. The minimum Gasteiger partial charge on any atom is -0.370 e. The van der Waals surface area contributed by atoms with Crippen molar-refractivity contribution in [3.8, 4) is 0 Å². The lowest BCUT2D eigenvalue weighted by atomic mass is 10.1. The molecule has 0 saturated carbocycles. The fourth-order valence-corrected chi connectivity index (χ4v) is 3.02. The summed E-state index contributed by atoms with van der Waals surface area (Å²) in [5.74, 6) is 0. The van der Waals surface area contributed by atoms with E-state index in [4.69, 9.17) is 11.6 Å². The average molecular weight is 323 g/mol. The number of hydrogen-bond acceptors (Lipinski definition) is 3. The van der Waals surface area contributed by atoms with E-state index in [2.05, 4.69) is 67.0 Å². The average Bonchev–Trinajstić information content (AvgIpc) is 2.88. The lowest BCUT2D eigenvalue weighted by Crippen LogP contribution is -2.35. The third-order valence-corrected chi connectivity index (χ3v) is 4.23. The number of hydrogen-bond donors (Lipinski definition) is 1. The Labute approximate surface area is 136 Å². The zero-order chi connectivity index (χ0) is 15.5. The van der Waals surface area contributed by atoms with Gasteiger partial charge in [-0.1, -0.05) is 11.6 Å². The lowest BCUT2D eigenvalue weighted by Gasteiger charge is -2.25. The summed E-state index contributed by atoms with van der Waals surface area (Å²) in [6.07, 6.45) is 0. The molecule has 0 saturated heterocycles. The molecule has 1 heterocycles. The quantitative estimate of drug-likeness (QED) is 0.840. The molecule has 0 unspecified atom stereocenters. The molecule has 21 heavy (non-hydrogen) atoms. The molecule has 0 radical (unpaired) electrons. The van der Waals surface area contributed by atoms with Crippen LogP contribution in [0.15, 0.2) is 35.0 Å². The second kappa shape index (κ2) is 6.82. The Hall–Kier alpha value is -1.03. The second-order valence-electron chi connectivity index (χ2n) is 6.36. The highest BCUT2D eigenvalue weighted by Gasteiger charge is 2.13. The van der Waals surface area contributed by atoms with Crippen LogP contribution >= 0.6 is 22.9 Å². The minimum atomic E-state index is 0.0888. The molecule has 0 fully saturated rings. The fourth-order valence-electron chi connectivity index (χ4n) is 2.17. The third kappa shape index (κ3) is 5.03. The van der Waals surface area contributed by atoms with E-state index >= 15 is 0 Å². The van der Waals surface area contributed by atoms with Crippen LogP contribution in [-0.4, -0.2) is 12.6 Å². The highest BCUT2D eigenvalue weighted by Crippen LogP contribution is 2.25. The van der Waals surface area contributed by atoms with Gasteiger partial charge in [0.2, 0.25) is 0 Å². The van der Waals surface area contributed by atoms with Crippen LogP contribution in [-0.2, 0) is 13.1 Å². The zero-order valence-corrected chi connectivity index (χ0v) is 14.7. The van der Waals surface area contributed by atoms with E-state index in [0.717, 1.165) is 18.1 Å². The van der Waals surface area contributed by atoms with E-state index in [0.29, 0.717) is 0 Å². The van der Waals surface area contributed by atoms with Gasteiger partial charge < -0.3 is 10.2 Å². The Kier molecular flexibility index (Phi) is 5.31. The van der Waals surface area contributed by atoms with Gasteiger partial charge in [-0.3, -0.25) is 0 Å². The molecule has 1 aromatic carbocycles. The molecule has 0 atom stereocenters. The van der Waals surface area contributed by atoms with Gasteiger partial charge in [0.15, 0.2) is 0 Å². The van der Waals surface area contributed by atoms with Gasteiger partial charge in [-0.2, -0.15) is 11.3 Å². The van der Waals surface area contributed by atoms with E-state index in [1.54, 1.807) is 11.3 Å². The van der Waals surface area contributed by atoms with Crippen LogP contribution in [0.3, 0.4) is 0 Å². The lowest BCUT2D eigenvalue weighted by molar-refractivity contribution is 0.424. The molecular weight excluding hydrogens is 300 g/mol. The number of nitrogens with zero attached hydrogens (tertiary/aromatic N) is 1. The summed E-state index contributed by atoms with van der Waals surface area (Å²) in [6, 6.07) is 8.29. The number of anilines is 1. The number of rotatable bonds is 5. The number of thiophene rings is 1. The topological polar surface area (TPSA) is 15.3 Å². The van der Waals surface area contributed by atoms with Gasteiger partial charge in [-0.25, -0.2) is 0 Å². The number of halogens is 1. The molecular formula is C17H23ClN2S. The molecule has 0 aliphatic rings. The Morgan fingerprint density at radius 3 is 2.62 bits per heavy atom. The van der Waals surface area contributed by atoms with Crippen LogP contribution in [0.2, 0.25) is 5.02 Å². The summed E-state index contributed by atoms with van der Waals surface area (Å²) in [5, 5.41) is 8.63. The largest absolute Gasteiger partial charge is 0.370 e. The molecule has 0 amide bonds. The summed E-state index contributed by atoms with van der Waals surface area (Å²) in [6.45, 7) is 8.24. The monoisotopic (exact) mass is 322 g/mol. The molecule has 0 aliphatic heterocycles. The first-order chi connectivity index (χ1) is 9.85. The molecule has 4 heteroatoms. The van der Waals surface area contributed by atoms with Gasteiger partial charge in [-0.05, 0) is 66.9 Å². The molecule has 2 aromatic rings. The van der Waals surface area contributed by atoms with Gasteiger partial charge in [0.25, 0.3) is 0 Å². The van der Waals surface area contributed by atoms with Crippen molar-refractivity contribution in [1.29, 1.82) is 0 Å². The summed E-state index contributed by atoms with van der Waals surface area (Å²) in [7, 11) is 2.13. The Morgan fingerprint density at radius 1 is 1.24 bits per heavy atom. The van der Waals surface area contributed by atoms with Crippen molar-refractivity contribution in [1.82, 2.24) is 5.32 Å². The van der Waals surface area contributed by atoms with Crippen molar-refractivity contribution in [2.75, 3.05) is 11.9 Å². The van der Waals surface area contributed by atoms with Crippen molar-refractivity contribution >= 4 is 28.6 Å². The van der Waals surface area contributed by atoms with Crippen molar-refractivity contribution in [3.63, 3.8) is 0 Å². The van der Waals surface area contributed by atoms with Gasteiger partial charge in [0.05, 0.1) is 0 Å². The van der Waals surface area contributed by atoms with Gasteiger partial charge in [0.1, 0.15) is 0 Å². The smallest absolute Gasteiger partial charge is 0.0434 e. The maximum atomic E-state index is 6.17. The van der Waals surface area contributed by atoms with E-state index in [-0.39, 0.29) is 5.54 Å². The molecule has 0 spiro atoms. The standard InChI is InChI=1S/C17H23ClN2S/c1-17(2,3)19-10-14-9-15(18)5-6-16(14)20(4)11-13-7-8-21-12-13/h5-9,12,19H,10-11H2,1-4H3. The van der Waals surface area contributed by atoms with Crippen molar-refractivity contribution in [2.24, 2.45) is 0 Å². The Bertz CT molecular complexity index is 573. The van der Waals surface area contributed by atoms with Crippen molar-refractivity contribution in [2.45, 2.75) is 39.4 Å². The van der Waals surface area contributed by atoms with Gasteiger partial charge in [0, 0.05) is 36.4 Å². The molecule has 1 N–H and O–H groups in total. The predicted molar refractivity (Wildman–Crippen MR) is 94.5 cm³/mol. The third-order valence-electron chi connectivity index (χ3n) is 3.26. The maximum absolute atomic E-state index is 6.17. The van der Waals surface area contributed by atoms with Gasteiger partial charge in [-0.15, -0.1) is 0 Å². The first kappa shape index (κ1) is 16.3. The van der Waals surface area contributed by atoms with E-state index in [1.807, 2.05) is 6.07 Å². The first-order valence-electron chi connectivity index (χ1n) is 7.11. The molecule has 2 rings (SSSR count). The Balaban J connectivity index is 2.17.